The summed E-state index contributed by atoms with van der Waals surface area (Å²) < 4.78 is 1.89. The minimum Gasteiger partial charge on any atom is -0.365 e. The summed E-state index contributed by atoms with van der Waals surface area (Å²) in [6.07, 6.45) is 5.01. The summed E-state index contributed by atoms with van der Waals surface area (Å²) in [5, 5.41) is 13.9. The van der Waals surface area contributed by atoms with Gasteiger partial charge in [-0.3, -0.25) is 4.79 Å². The molecule has 0 atom stereocenters. The molecule has 0 unspecified atom stereocenters. The average Bonchev–Trinajstić information content (AvgIpc) is 2.97. The van der Waals surface area contributed by atoms with Crippen LogP contribution in [0.25, 0.3) is 11.8 Å². The Bertz CT molecular complexity index is 839. The second kappa shape index (κ2) is 7.22. The van der Waals surface area contributed by atoms with Crippen molar-refractivity contribution in [1.82, 2.24) is 9.78 Å². The summed E-state index contributed by atoms with van der Waals surface area (Å²) in [4.78, 5) is 13.8. The average molecular weight is 335 g/mol. The van der Waals surface area contributed by atoms with Crippen LogP contribution >= 0.6 is 0 Å². The number of hydrogen-bond acceptors (Lipinski definition) is 4. The van der Waals surface area contributed by atoms with Crippen molar-refractivity contribution in [2.45, 2.75) is 26.2 Å². The third-order valence-electron chi connectivity index (χ3n) is 4.41. The number of piperidine rings is 1. The van der Waals surface area contributed by atoms with Crippen molar-refractivity contribution in [3.63, 3.8) is 0 Å². The van der Waals surface area contributed by atoms with Crippen LogP contribution in [0.1, 0.15) is 30.5 Å². The minimum absolute atomic E-state index is 0.0611. The summed E-state index contributed by atoms with van der Waals surface area (Å²) in [5.41, 5.74) is 7.75. The Morgan fingerprint density at radius 2 is 1.92 bits per heavy atom. The van der Waals surface area contributed by atoms with Gasteiger partial charge in [0.2, 0.25) is 0 Å². The zero-order chi connectivity index (χ0) is 17.8. The van der Waals surface area contributed by atoms with E-state index in [1.807, 2.05) is 48.0 Å². The quantitative estimate of drug-likeness (QED) is 0.687. The molecule has 0 saturated carbocycles. The second-order valence-corrected chi connectivity index (χ2v) is 6.15. The first-order valence-electron chi connectivity index (χ1n) is 8.43. The Morgan fingerprint density at radius 1 is 1.24 bits per heavy atom. The van der Waals surface area contributed by atoms with E-state index < -0.39 is 5.91 Å². The molecule has 0 spiro atoms. The van der Waals surface area contributed by atoms with Crippen molar-refractivity contribution < 1.29 is 4.79 Å². The predicted octanol–water partition coefficient (Wildman–Crippen LogP) is 2.56. The Morgan fingerprint density at radius 3 is 2.52 bits per heavy atom. The zero-order valence-electron chi connectivity index (χ0n) is 14.3. The van der Waals surface area contributed by atoms with Crippen LogP contribution < -0.4 is 10.6 Å². The normalized spacial score (nSPS) is 15.0. The molecule has 128 valence electrons. The van der Waals surface area contributed by atoms with Crippen LogP contribution in [0.5, 0.6) is 0 Å². The van der Waals surface area contributed by atoms with Gasteiger partial charge in [-0.25, -0.2) is 4.68 Å². The van der Waals surface area contributed by atoms with Crippen molar-refractivity contribution in [2.24, 2.45) is 5.73 Å². The first kappa shape index (κ1) is 16.8. The predicted molar refractivity (Wildman–Crippen MR) is 97.1 cm³/mol. The largest absolute Gasteiger partial charge is 0.365 e. The van der Waals surface area contributed by atoms with Crippen molar-refractivity contribution in [2.75, 3.05) is 18.0 Å². The number of aromatic nitrogens is 2. The molecule has 3 rings (SSSR count). The first-order valence-corrected chi connectivity index (χ1v) is 8.43. The lowest BCUT2D eigenvalue weighted by molar-refractivity contribution is -0.114. The monoisotopic (exact) mass is 335 g/mol. The number of hydrogen-bond donors (Lipinski definition) is 1. The van der Waals surface area contributed by atoms with Gasteiger partial charge in [0.25, 0.3) is 5.91 Å². The molecule has 1 aliphatic rings. The third kappa shape index (κ3) is 3.41. The highest BCUT2D eigenvalue weighted by atomic mass is 16.1. The molecule has 2 aromatic rings. The molecule has 0 radical (unpaired) electrons. The van der Waals surface area contributed by atoms with Crippen molar-refractivity contribution >= 4 is 17.8 Å². The van der Waals surface area contributed by atoms with Gasteiger partial charge in [0.15, 0.2) is 0 Å². The lowest BCUT2D eigenvalue weighted by Gasteiger charge is -2.29. The van der Waals surface area contributed by atoms with E-state index in [0.29, 0.717) is 0 Å². The molecule has 25 heavy (non-hydrogen) atoms. The van der Waals surface area contributed by atoms with Gasteiger partial charge in [0, 0.05) is 18.7 Å². The zero-order valence-corrected chi connectivity index (χ0v) is 14.3. The number of nitrogens with zero attached hydrogens (tertiary/aromatic N) is 4. The fraction of sp³-hybridized carbons (Fsp3) is 0.316. The van der Waals surface area contributed by atoms with Crippen LogP contribution in [0.15, 0.2) is 35.9 Å². The lowest BCUT2D eigenvalue weighted by atomic mass is 10.1. The van der Waals surface area contributed by atoms with E-state index in [1.54, 1.807) is 6.08 Å². The highest BCUT2D eigenvalue weighted by Crippen LogP contribution is 2.31. The molecule has 6 heteroatoms. The van der Waals surface area contributed by atoms with E-state index in [9.17, 15) is 10.1 Å². The molecule has 6 nitrogen and oxygen atoms in total. The van der Waals surface area contributed by atoms with Crippen LogP contribution in [0.4, 0.5) is 5.82 Å². The third-order valence-corrected chi connectivity index (χ3v) is 4.41. The van der Waals surface area contributed by atoms with Gasteiger partial charge < -0.3 is 10.6 Å². The van der Waals surface area contributed by atoms with Crippen molar-refractivity contribution in [1.29, 1.82) is 5.26 Å². The lowest BCUT2D eigenvalue weighted by Crippen LogP contribution is -2.31. The maximum Gasteiger partial charge on any atom is 0.259 e. The first-order chi connectivity index (χ1) is 12.1. The molecule has 1 aliphatic heterocycles. The maximum absolute atomic E-state index is 11.5. The summed E-state index contributed by atoms with van der Waals surface area (Å²) >= 11 is 0. The molecule has 2 N–H and O–H groups in total. The molecule has 2 heterocycles. The number of carbonyl (C=O) groups is 1. The summed E-state index contributed by atoms with van der Waals surface area (Å²) in [6, 6.07) is 11.8. The van der Waals surface area contributed by atoms with Gasteiger partial charge >= 0.3 is 0 Å². The number of primary amides is 1. The number of rotatable bonds is 4. The Kier molecular flexibility index (Phi) is 4.85. The summed E-state index contributed by atoms with van der Waals surface area (Å²) in [7, 11) is 0. The highest BCUT2D eigenvalue weighted by Gasteiger charge is 2.23. The number of aryl methyl sites for hydroxylation is 1. The highest BCUT2D eigenvalue weighted by molar-refractivity contribution is 6.01. The van der Waals surface area contributed by atoms with Crippen molar-refractivity contribution in [3.05, 3.63) is 47.2 Å². The van der Waals surface area contributed by atoms with Gasteiger partial charge in [0.1, 0.15) is 17.5 Å². The van der Waals surface area contributed by atoms with E-state index in [1.165, 1.54) is 6.42 Å². The van der Waals surface area contributed by atoms with Crippen LogP contribution in [-0.4, -0.2) is 28.8 Å². The van der Waals surface area contributed by atoms with E-state index in [2.05, 4.69) is 10.00 Å². The van der Waals surface area contributed by atoms with Crippen molar-refractivity contribution in [3.8, 4) is 11.8 Å². The summed E-state index contributed by atoms with van der Waals surface area (Å²) in [6.45, 7) is 3.74. The Labute approximate surface area is 147 Å². The fourth-order valence-electron chi connectivity index (χ4n) is 3.16. The van der Waals surface area contributed by atoms with E-state index in [-0.39, 0.29) is 5.57 Å². The number of nitrogens with two attached hydrogens (primary N) is 1. The van der Waals surface area contributed by atoms with Crippen LogP contribution in [0, 0.1) is 18.3 Å². The Balaban J connectivity index is 2.19. The molecule has 0 aliphatic carbocycles. The SMILES string of the molecule is Cc1nn(-c2ccccc2)c(N2CCCCC2)c1C=C(C#N)C(N)=O. The molecule has 1 fully saturated rings. The number of amides is 1. The number of para-hydroxylation sites is 1. The molecular formula is C19H21N5O. The van der Waals surface area contributed by atoms with Gasteiger partial charge in [-0.2, -0.15) is 10.4 Å². The molecule has 1 aromatic heterocycles. The molecule has 0 bridgehead atoms. The second-order valence-electron chi connectivity index (χ2n) is 6.15. The van der Waals surface area contributed by atoms with Crippen LogP contribution in [-0.2, 0) is 4.79 Å². The van der Waals surface area contributed by atoms with Crippen LogP contribution in [0.3, 0.4) is 0 Å². The molecule has 1 saturated heterocycles. The Hall–Kier alpha value is -3.07. The molecule has 1 aromatic carbocycles. The number of nitriles is 1. The van der Waals surface area contributed by atoms with Crippen LogP contribution in [0.2, 0.25) is 0 Å². The number of benzene rings is 1. The summed E-state index contributed by atoms with van der Waals surface area (Å²) in [5.74, 6) is 0.191. The standard InChI is InChI=1S/C19H21N5O/c1-14-17(12-15(13-20)18(21)25)19(23-10-6-3-7-11-23)24(22-14)16-8-4-2-5-9-16/h2,4-5,8-9,12H,3,6-7,10-11H2,1H3,(H2,21,25). The van der Waals surface area contributed by atoms with Gasteiger partial charge in [0.05, 0.1) is 11.4 Å². The number of carbonyl (C=O) groups excluding carboxylic acids is 1. The fourth-order valence-corrected chi connectivity index (χ4v) is 3.16. The minimum atomic E-state index is -0.723. The van der Waals surface area contributed by atoms with Gasteiger partial charge in [-0.15, -0.1) is 0 Å². The van der Waals surface area contributed by atoms with E-state index >= 15 is 0 Å². The topological polar surface area (TPSA) is 87.9 Å². The van der Waals surface area contributed by atoms with E-state index in [4.69, 9.17) is 5.73 Å². The smallest absolute Gasteiger partial charge is 0.259 e. The van der Waals surface area contributed by atoms with Gasteiger partial charge in [-0.05, 0) is 44.4 Å². The maximum atomic E-state index is 11.5. The van der Waals surface area contributed by atoms with E-state index in [0.717, 1.165) is 48.7 Å². The molecular weight excluding hydrogens is 314 g/mol. The number of anilines is 1. The molecule has 1 amide bonds. The van der Waals surface area contributed by atoms with Gasteiger partial charge in [-0.1, -0.05) is 18.2 Å².